The van der Waals surface area contributed by atoms with Gasteiger partial charge in [-0.2, -0.15) is 0 Å². The molecule has 0 saturated carbocycles. The van der Waals surface area contributed by atoms with Crippen LogP contribution >= 0.6 is 0 Å². The van der Waals surface area contributed by atoms with E-state index in [0.717, 1.165) is 42.7 Å². The van der Waals surface area contributed by atoms with Gasteiger partial charge in [-0.3, -0.25) is 0 Å². The highest BCUT2D eigenvalue weighted by atomic mass is 19.1. The molecule has 2 rings (SSSR count). The zero-order valence-corrected chi connectivity index (χ0v) is 11.9. The number of aryl methyl sites for hydroxylation is 2. The van der Waals surface area contributed by atoms with Gasteiger partial charge in [0.15, 0.2) is 0 Å². The van der Waals surface area contributed by atoms with Crippen molar-refractivity contribution in [2.24, 2.45) is 5.73 Å². The zero-order chi connectivity index (χ0) is 14.0. The second kappa shape index (κ2) is 5.29. The largest absolute Gasteiger partial charge is 0.328 e. The molecule has 4 heteroatoms. The summed E-state index contributed by atoms with van der Waals surface area (Å²) in [6.45, 7) is 7.06. The van der Waals surface area contributed by atoms with Crippen molar-refractivity contribution in [2.45, 2.75) is 52.1 Å². The summed E-state index contributed by atoms with van der Waals surface area (Å²) in [5.74, 6) is 0.764. The Hall–Kier alpha value is -1.42. The molecule has 0 atom stereocenters. The lowest BCUT2D eigenvalue weighted by molar-refractivity contribution is 0.464. The van der Waals surface area contributed by atoms with Crippen LogP contribution in [0.4, 0.5) is 4.39 Å². The zero-order valence-electron chi connectivity index (χ0n) is 11.9. The van der Waals surface area contributed by atoms with Crippen LogP contribution in [0.3, 0.4) is 0 Å². The van der Waals surface area contributed by atoms with Crippen LogP contribution in [0.2, 0.25) is 0 Å². The molecule has 19 heavy (non-hydrogen) atoms. The minimum atomic E-state index is -0.237. The highest BCUT2D eigenvalue weighted by Crippen LogP contribution is 2.20. The molecular formula is C15H22FN3. The standard InChI is InChI=1S/C15H22FN3/c1-4-9-19-13-6-5-11(16)10-12(13)18-14(19)7-8-15(2,3)17/h5-6,10H,4,7-9,17H2,1-3H3. The summed E-state index contributed by atoms with van der Waals surface area (Å²) < 4.78 is 15.5. The highest BCUT2D eigenvalue weighted by Gasteiger charge is 2.15. The van der Waals surface area contributed by atoms with E-state index in [1.54, 1.807) is 0 Å². The second-order valence-electron chi connectivity index (χ2n) is 5.80. The number of halogens is 1. The first-order chi connectivity index (χ1) is 8.90. The molecule has 104 valence electrons. The van der Waals surface area contributed by atoms with Gasteiger partial charge in [0.2, 0.25) is 0 Å². The maximum absolute atomic E-state index is 13.3. The molecule has 0 fully saturated rings. The Morgan fingerprint density at radius 1 is 1.37 bits per heavy atom. The SMILES string of the molecule is CCCn1c(CCC(C)(C)N)nc2cc(F)ccc21. The Labute approximate surface area is 113 Å². The molecule has 0 aliphatic carbocycles. The van der Waals surface area contributed by atoms with E-state index in [2.05, 4.69) is 16.5 Å². The second-order valence-corrected chi connectivity index (χ2v) is 5.80. The Kier molecular flexibility index (Phi) is 3.90. The molecule has 0 bridgehead atoms. The van der Waals surface area contributed by atoms with Crippen molar-refractivity contribution in [2.75, 3.05) is 0 Å². The molecule has 0 aliphatic heterocycles. The maximum atomic E-state index is 13.3. The average Bonchev–Trinajstić information content (AvgIpc) is 2.64. The minimum absolute atomic E-state index is 0.208. The van der Waals surface area contributed by atoms with E-state index < -0.39 is 0 Å². The van der Waals surface area contributed by atoms with E-state index in [1.807, 2.05) is 19.9 Å². The molecule has 1 aromatic carbocycles. The number of hydrogen-bond acceptors (Lipinski definition) is 2. The Bertz CT molecular complexity index is 567. The van der Waals surface area contributed by atoms with Crippen molar-refractivity contribution in [3.63, 3.8) is 0 Å². The normalized spacial score (nSPS) is 12.3. The van der Waals surface area contributed by atoms with Gasteiger partial charge in [-0.15, -0.1) is 0 Å². The summed E-state index contributed by atoms with van der Waals surface area (Å²) in [6, 6.07) is 4.80. The Balaban J connectivity index is 2.38. The molecule has 1 heterocycles. The van der Waals surface area contributed by atoms with Gasteiger partial charge in [-0.25, -0.2) is 9.37 Å². The molecule has 0 spiro atoms. The van der Waals surface area contributed by atoms with Crippen molar-refractivity contribution in [3.8, 4) is 0 Å². The molecule has 0 aliphatic rings. The third-order valence-electron chi connectivity index (χ3n) is 3.23. The van der Waals surface area contributed by atoms with E-state index in [9.17, 15) is 4.39 Å². The lowest BCUT2D eigenvalue weighted by Crippen LogP contribution is -2.32. The van der Waals surface area contributed by atoms with Gasteiger partial charge < -0.3 is 10.3 Å². The summed E-state index contributed by atoms with van der Waals surface area (Å²) in [6.07, 6.45) is 2.71. The first-order valence-corrected chi connectivity index (χ1v) is 6.84. The number of benzene rings is 1. The van der Waals surface area contributed by atoms with Gasteiger partial charge in [0.25, 0.3) is 0 Å². The number of aromatic nitrogens is 2. The number of nitrogens with zero attached hydrogens (tertiary/aromatic N) is 2. The summed E-state index contributed by atoms with van der Waals surface area (Å²) in [5, 5.41) is 0. The molecule has 1 aromatic heterocycles. The van der Waals surface area contributed by atoms with Gasteiger partial charge in [0.1, 0.15) is 11.6 Å². The molecule has 2 N–H and O–H groups in total. The lowest BCUT2D eigenvalue weighted by Gasteiger charge is -2.18. The van der Waals surface area contributed by atoms with Gasteiger partial charge in [0.05, 0.1) is 11.0 Å². The lowest BCUT2D eigenvalue weighted by atomic mass is 10.00. The minimum Gasteiger partial charge on any atom is -0.328 e. The predicted octanol–water partition coefficient (Wildman–Crippen LogP) is 3.26. The third kappa shape index (κ3) is 3.32. The molecule has 3 nitrogen and oxygen atoms in total. The van der Waals surface area contributed by atoms with Crippen molar-refractivity contribution in [1.82, 2.24) is 9.55 Å². The van der Waals surface area contributed by atoms with E-state index in [4.69, 9.17) is 5.73 Å². The Morgan fingerprint density at radius 3 is 2.74 bits per heavy atom. The predicted molar refractivity (Wildman–Crippen MR) is 76.6 cm³/mol. The van der Waals surface area contributed by atoms with Crippen molar-refractivity contribution >= 4 is 11.0 Å². The summed E-state index contributed by atoms with van der Waals surface area (Å²) >= 11 is 0. The van der Waals surface area contributed by atoms with Gasteiger partial charge in [-0.1, -0.05) is 6.92 Å². The van der Waals surface area contributed by atoms with Crippen LogP contribution in [0.1, 0.15) is 39.4 Å². The first kappa shape index (κ1) is 14.0. The fourth-order valence-electron chi connectivity index (χ4n) is 2.25. The number of nitrogens with two attached hydrogens (primary N) is 1. The van der Waals surface area contributed by atoms with Crippen molar-refractivity contribution < 1.29 is 4.39 Å². The smallest absolute Gasteiger partial charge is 0.125 e. The topological polar surface area (TPSA) is 43.8 Å². The molecule has 0 radical (unpaired) electrons. The monoisotopic (exact) mass is 263 g/mol. The van der Waals surface area contributed by atoms with E-state index >= 15 is 0 Å². The van der Waals surface area contributed by atoms with E-state index in [0.29, 0.717) is 0 Å². The molecule has 2 aromatic rings. The van der Waals surface area contributed by atoms with Gasteiger partial charge in [-0.05, 0) is 38.8 Å². The van der Waals surface area contributed by atoms with Crippen LogP contribution in [-0.2, 0) is 13.0 Å². The van der Waals surface area contributed by atoms with Crippen LogP contribution in [0.25, 0.3) is 11.0 Å². The van der Waals surface area contributed by atoms with E-state index in [1.165, 1.54) is 12.1 Å². The fourth-order valence-corrected chi connectivity index (χ4v) is 2.25. The maximum Gasteiger partial charge on any atom is 0.125 e. The number of rotatable bonds is 5. The van der Waals surface area contributed by atoms with Crippen LogP contribution in [0, 0.1) is 5.82 Å². The fraction of sp³-hybridized carbons (Fsp3) is 0.533. The Morgan fingerprint density at radius 2 is 2.11 bits per heavy atom. The number of fused-ring (bicyclic) bond motifs is 1. The highest BCUT2D eigenvalue weighted by molar-refractivity contribution is 5.76. The summed E-state index contributed by atoms with van der Waals surface area (Å²) in [7, 11) is 0. The van der Waals surface area contributed by atoms with E-state index in [-0.39, 0.29) is 11.4 Å². The molecule has 0 unspecified atom stereocenters. The number of hydrogen-bond donors (Lipinski definition) is 1. The van der Waals surface area contributed by atoms with Crippen LogP contribution in [-0.4, -0.2) is 15.1 Å². The van der Waals surface area contributed by atoms with Crippen LogP contribution in [0.5, 0.6) is 0 Å². The quantitative estimate of drug-likeness (QED) is 0.900. The van der Waals surface area contributed by atoms with Gasteiger partial charge >= 0.3 is 0 Å². The number of imidazole rings is 1. The molecule has 0 saturated heterocycles. The average molecular weight is 263 g/mol. The van der Waals surface area contributed by atoms with Crippen molar-refractivity contribution in [1.29, 1.82) is 0 Å². The summed E-state index contributed by atoms with van der Waals surface area (Å²) in [5.41, 5.74) is 7.56. The molecular weight excluding hydrogens is 241 g/mol. The van der Waals surface area contributed by atoms with Crippen LogP contribution < -0.4 is 5.73 Å². The molecule has 0 amide bonds. The first-order valence-electron chi connectivity index (χ1n) is 6.84. The van der Waals surface area contributed by atoms with Crippen LogP contribution in [0.15, 0.2) is 18.2 Å². The van der Waals surface area contributed by atoms with Crippen molar-refractivity contribution in [3.05, 3.63) is 29.8 Å². The van der Waals surface area contributed by atoms with Gasteiger partial charge in [0, 0.05) is 24.6 Å². The third-order valence-corrected chi connectivity index (χ3v) is 3.23. The summed E-state index contributed by atoms with van der Waals surface area (Å²) in [4.78, 5) is 4.56.